The lowest BCUT2D eigenvalue weighted by molar-refractivity contribution is 0.306. The maximum Gasteiger partial charge on any atom is 0.212 e. The fourth-order valence-corrected chi connectivity index (χ4v) is 4.44. The van der Waals surface area contributed by atoms with Gasteiger partial charge in [-0.15, -0.1) is 10.2 Å². The van der Waals surface area contributed by atoms with Crippen molar-refractivity contribution in [3.63, 3.8) is 0 Å². The molecule has 0 unspecified atom stereocenters. The average Bonchev–Trinajstić information content (AvgIpc) is 3.23. The van der Waals surface area contributed by atoms with E-state index in [1.54, 1.807) is 18.0 Å². The predicted octanol–water partition coefficient (Wildman–Crippen LogP) is 7.29. The van der Waals surface area contributed by atoms with Gasteiger partial charge in [0.05, 0.1) is 6.21 Å². The van der Waals surface area contributed by atoms with E-state index >= 15 is 0 Å². The van der Waals surface area contributed by atoms with Gasteiger partial charge in [0.25, 0.3) is 0 Å². The molecule has 5 nitrogen and oxygen atoms in total. The van der Waals surface area contributed by atoms with Gasteiger partial charge in [-0.2, -0.15) is 9.78 Å². The van der Waals surface area contributed by atoms with E-state index in [2.05, 4.69) is 17.1 Å². The SMILES string of the molecule is CCCc1nnc(SCc2ccc(Cl)cc2)n1/N=C/c1ccccc1OCc1cccc(Cl)c1. The first-order chi connectivity index (χ1) is 16.6. The fraction of sp³-hybridized carbons (Fsp3) is 0.192. The molecule has 8 heteroatoms. The number of para-hydroxylation sites is 1. The summed E-state index contributed by atoms with van der Waals surface area (Å²) in [4.78, 5) is 0. The van der Waals surface area contributed by atoms with Crippen molar-refractivity contribution in [1.82, 2.24) is 14.9 Å². The van der Waals surface area contributed by atoms with E-state index in [0.717, 1.165) is 57.0 Å². The molecule has 4 aromatic rings. The van der Waals surface area contributed by atoms with Crippen molar-refractivity contribution in [2.75, 3.05) is 0 Å². The quantitative estimate of drug-likeness (QED) is 0.166. The molecule has 0 aliphatic rings. The summed E-state index contributed by atoms with van der Waals surface area (Å²) in [5.41, 5.74) is 3.03. The number of hydrogen-bond acceptors (Lipinski definition) is 5. The highest BCUT2D eigenvalue weighted by atomic mass is 35.5. The molecule has 34 heavy (non-hydrogen) atoms. The van der Waals surface area contributed by atoms with Gasteiger partial charge in [0.1, 0.15) is 12.4 Å². The number of nitrogens with zero attached hydrogens (tertiary/aromatic N) is 4. The van der Waals surface area contributed by atoms with E-state index in [4.69, 9.17) is 33.0 Å². The van der Waals surface area contributed by atoms with Gasteiger partial charge in [-0.05, 0) is 53.9 Å². The lowest BCUT2D eigenvalue weighted by Crippen LogP contribution is -2.02. The van der Waals surface area contributed by atoms with Crippen molar-refractivity contribution in [1.29, 1.82) is 0 Å². The Labute approximate surface area is 213 Å². The van der Waals surface area contributed by atoms with Crippen LogP contribution in [0.4, 0.5) is 0 Å². The normalized spacial score (nSPS) is 11.3. The van der Waals surface area contributed by atoms with Crippen molar-refractivity contribution in [3.05, 3.63) is 105 Å². The first-order valence-electron chi connectivity index (χ1n) is 10.9. The summed E-state index contributed by atoms with van der Waals surface area (Å²) in [6, 6.07) is 23.3. The largest absolute Gasteiger partial charge is 0.488 e. The zero-order chi connectivity index (χ0) is 23.8. The Balaban J connectivity index is 1.52. The highest BCUT2D eigenvalue weighted by molar-refractivity contribution is 7.98. The van der Waals surface area contributed by atoms with E-state index in [-0.39, 0.29) is 0 Å². The Hall–Kier alpha value is -2.80. The fourth-order valence-electron chi connectivity index (χ4n) is 3.24. The molecule has 0 aliphatic heterocycles. The van der Waals surface area contributed by atoms with Gasteiger partial charge in [0, 0.05) is 27.8 Å². The van der Waals surface area contributed by atoms with Crippen LogP contribution in [0, 0.1) is 0 Å². The van der Waals surface area contributed by atoms with Crippen molar-refractivity contribution < 1.29 is 4.74 Å². The van der Waals surface area contributed by atoms with Crippen LogP contribution < -0.4 is 4.74 Å². The summed E-state index contributed by atoms with van der Waals surface area (Å²) < 4.78 is 7.88. The van der Waals surface area contributed by atoms with Gasteiger partial charge in [0.15, 0.2) is 5.82 Å². The Kier molecular flexibility index (Phi) is 8.63. The van der Waals surface area contributed by atoms with Crippen LogP contribution in [0.15, 0.2) is 83.1 Å². The third kappa shape index (κ3) is 6.63. The number of halogens is 2. The van der Waals surface area contributed by atoms with Crippen LogP contribution in [0.25, 0.3) is 0 Å². The van der Waals surface area contributed by atoms with Gasteiger partial charge < -0.3 is 4.74 Å². The van der Waals surface area contributed by atoms with Crippen molar-refractivity contribution >= 4 is 41.2 Å². The van der Waals surface area contributed by atoms with Crippen LogP contribution in [-0.4, -0.2) is 21.1 Å². The van der Waals surface area contributed by atoms with Gasteiger partial charge in [0.2, 0.25) is 5.16 Å². The van der Waals surface area contributed by atoms with E-state index in [1.807, 2.05) is 77.5 Å². The third-order valence-electron chi connectivity index (χ3n) is 4.95. The summed E-state index contributed by atoms with van der Waals surface area (Å²) in [5.74, 6) is 2.32. The third-order valence-corrected chi connectivity index (χ3v) is 6.42. The van der Waals surface area contributed by atoms with E-state index < -0.39 is 0 Å². The molecule has 3 aromatic carbocycles. The number of aromatic nitrogens is 3. The van der Waals surface area contributed by atoms with Crippen molar-refractivity contribution in [2.24, 2.45) is 5.10 Å². The van der Waals surface area contributed by atoms with Crippen molar-refractivity contribution in [2.45, 2.75) is 37.3 Å². The van der Waals surface area contributed by atoms with Crippen LogP contribution in [0.3, 0.4) is 0 Å². The topological polar surface area (TPSA) is 52.3 Å². The van der Waals surface area contributed by atoms with E-state index in [1.165, 1.54) is 0 Å². The summed E-state index contributed by atoms with van der Waals surface area (Å²) in [5, 5.41) is 15.6. The van der Waals surface area contributed by atoms with Gasteiger partial charge in [-0.25, -0.2) is 0 Å². The molecular weight excluding hydrogens is 487 g/mol. The summed E-state index contributed by atoms with van der Waals surface area (Å²) in [6.07, 6.45) is 3.54. The Morgan fingerprint density at radius 2 is 1.76 bits per heavy atom. The molecule has 174 valence electrons. The molecule has 0 spiro atoms. The number of thioether (sulfide) groups is 1. The van der Waals surface area contributed by atoms with Crippen molar-refractivity contribution in [3.8, 4) is 5.75 Å². The maximum atomic E-state index is 6.09. The number of aryl methyl sites for hydroxylation is 1. The first-order valence-corrected chi connectivity index (χ1v) is 12.7. The molecule has 0 atom stereocenters. The lowest BCUT2D eigenvalue weighted by Gasteiger charge is -2.10. The van der Waals surface area contributed by atoms with Crippen LogP contribution >= 0.6 is 35.0 Å². The molecule has 0 fully saturated rings. The molecular formula is C26H24Cl2N4OS. The molecule has 0 radical (unpaired) electrons. The maximum absolute atomic E-state index is 6.09. The zero-order valence-electron chi connectivity index (χ0n) is 18.7. The standard InChI is InChI=1S/C26H24Cl2N4OS/c1-2-6-25-30-31-26(34-18-19-11-13-22(27)14-12-19)32(25)29-16-21-8-3-4-10-24(21)33-17-20-7-5-9-23(28)15-20/h3-5,7-16H,2,6,17-18H2,1H3/b29-16+. The number of hydrogen-bond donors (Lipinski definition) is 0. The Morgan fingerprint density at radius 3 is 2.56 bits per heavy atom. The molecule has 0 amide bonds. The Bertz CT molecular complexity index is 1260. The highest BCUT2D eigenvalue weighted by Gasteiger charge is 2.12. The second-order valence-electron chi connectivity index (χ2n) is 7.58. The molecule has 1 heterocycles. The zero-order valence-corrected chi connectivity index (χ0v) is 21.0. The molecule has 0 aliphatic carbocycles. The van der Waals surface area contributed by atoms with Crippen LogP contribution in [0.5, 0.6) is 5.75 Å². The predicted molar refractivity (Wildman–Crippen MR) is 140 cm³/mol. The van der Waals surface area contributed by atoms with Gasteiger partial charge >= 0.3 is 0 Å². The molecule has 1 aromatic heterocycles. The smallest absolute Gasteiger partial charge is 0.212 e. The summed E-state index contributed by atoms with van der Waals surface area (Å²) in [7, 11) is 0. The van der Waals surface area contributed by atoms with Gasteiger partial charge in [-0.3, -0.25) is 0 Å². The highest BCUT2D eigenvalue weighted by Crippen LogP contribution is 2.24. The first kappa shape index (κ1) is 24.3. The summed E-state index contributed by atoms with van der Waals surface area (Å²) in [6.45, 7) is 2.53. The minimum Gasteiger partial charge on any atom is -0.488 e. The second-order valence-corrected chi connectivity index (χ2v) is 9.39. The number of benzene rings is 3. The summed E-state index contributed by atoms with van der Waals surface area (Å²) >= 11 is 13.7. The minimum atomic E-state index is 0.418. The second kappa shape index (κ2) is 12.1. The monoisotopic (exact) mass is 510 g/mol. The van der Waals surface area contributed by atoms with Crippen LogP contribution in [0.1, 0.15) is 35.9 Å². The van der Waals surface area contributed by atoms with E-state index in [9.17, 15) is 0 Å². The van der Waals surface area contributed by atoms with Crippen LogP contribution in [0.2, 0.25) is 10.0 Å². The molecule has 4 rings (SSSR count). The van der Waals surface area contributed by atoms with Crippen LogP contribution in [-0.2, 0) is 18.8 Å². The minimum absolute atomic E-state index is 0.418. The molecule has 0 saturated heterocycles. The number of ether oxygens (including phenoxy) is 1. The molecule has 0 bridgehead atoms. The molecule has 0 N–H and O–H groups in total. The lowest BCUT2D eigenvalue weighted by atomic mass is 10.2. The molecule has 0 saturated carbocycles. The van der Waals surface area contributed by atoms with E-state index in [0.29, 0.717) is 11.6 Å². The number of rotatable bonds is 10. The Morgan fingerprint density at radius 1 is 0.941 bits per heavy atom. The average molecular weight is 511 g/mol. The van der Waals surface area contributed by atoms with Gasteiger partial charge in [-0.1, -0.05) is 78.3 Å².